The highest BCUT2D eigenvalue weighted by molar-refractivity contribution is 6.38. The van der Waals surface area contributed by atoms with E-state index in [1.165, 1.54) is 18.2 Å². The highest BCUT2D eigenvalue weighted by atomic mass is 16.4. The first-order chi connectivity index (χ1) is 7.54. The summed E-state index contributed by atoms with van der Waals surface area (Å²) in [7, 11) is 0. The van der Waals surface area contributed by atoms with Crippen LogP contribution in [-0.4, -0.2) is 27.1 Å². The average Bonchev–Trinajstić information content (AvgIpc) is 2.26. The number of carboxylic acid groups (broad SMARTS) is 1. The topological polar surface area (TPSA) is 94.8 Å². The molecule has 0 saturated carbocycles. The third-order valence-electron chi connectivity index (χ3n) is 1.90. The van der Waals surface area contributed by atoms with Crippen molar-refractivity contribution < 1.29 is 24.9 Å². The predicted molar refractivity (Wildman–Crippen MR) is 55.7 cm³/mol. The van der Waals surface area contributed by atoms with E-state index in [0.29, 0.717) is 11.1 Å². The van der Waals surface area contributed by atoms with Gasteiger partial charge >= 0.3 is 5.97 Å². The summed E-state index contributed by atoms with van der Waals surface area (Å²) >= 11 is 0. The minimum Gasteiger partial charge on any atom is -0.507 e. The van der Waals surface area contributed by atoms with Gasteiger partial charge in [-0.15, -0.1) is 0 Å². The Morgan fingerprint density at radius 1 is 1.31 bits per heavy atom. The summed E-state index contributed by atoms with van der Waals surface area (Å²) in [4.78, 5) is 21.0. The molecule has 0 amide bonds. The summed E-state index contributed by atoms with van der Waals surface area (Å²) < 4.78 is 0. The fourth-order valence-electron chi connectivity index (χ4n) is 1.07. The summed E-state index contributed by atoms with van der Waals surface area (Å²) in [6.45, 7) is -0.203. The van der Waals surface area contributed by atoms with Gasteiger partial charge in [-0.1, -0.05) is 12.1 Å². The number of aliphatic hydroxyl groups excluding tert-OH is 1. The van der Waals surface area contributed by atoms with Gasteiger partial charge in [-0.25, -0.2) is 4.79 Å². The van der Waals surface area contributed by atoms with Gasteiger partial charge in [0.15, 0.2) is 0 Å². The Kier molecular flexibility index (Phi) is 3.79. The summed E-state index contributed by atoms with van der Waals surface area (Å²) in [6.07, 6.45) is 2.06. The molecule has 0 aliphatic heterocycles. The monoisotopic (exact) mass is 222 g/mol. The number of aromatic hydroxyl groups is 1. The Morgan fingerprint density at radius 3 is 2.50 bits per heavy atom. The molecule has 1 aromatic rings. The molecule has 0 aromatic heterocycles. The summed E-state index contributed by atoms with van der Waals surface area (Å²) in [5.41, 5.74) is 0.839. The number of phenolic OH excluding ortho intramolecular Hbond substituents is 1. The van der Waals surface area contributed by atoms with E-state index in [1.54, 1.807) is 6.07 Å². The van der Waals surface area contributed by atoms with Crippen molar-refractivity contribution in [3.05, 3.63) is 35.4 Å². The molecule has 5 nitrogen and oxygen atoms in total. The lowest BCUT2D eigenvalue weighted by Crippen LogP contribution is -2.08. The van der Waals surface area contributed by atoms with Gasteiger partial charge in [-0.05, 0) is 23.8 Å². The molecule has 0 fully saturated rings. The molecular weight excluding hydrogens is 212 g/mol. The maximum absolute atomic E-state index is 10.7. The van der Waals surface area contributed by atoms with Crippen LogP contribution < -0.4 is 0 Å². The standard InChI is InChI=1S/C11H10O5/c12-6-7-1-2-8(10(14)5-7)3-4-9(13)11(15)16/h1-5,12,14H,6H2,(H,15,16). The number of hydrogen-bond donors (Lipinski definition) is 3. The number of phenols is 1. The Hall–Kier alpha value is -2.14. The lowest BCUT2D eigenvalue weighted by molar-refractivity contribution is -0.146. The Bertz CT molecular complexity index is 448. The molecule has 1 aromatic carbocycles. The molecule has 0 aliphatic rings. The van der Waals surface area contributed by atoms with Crippen molar-refractivity contribution in [2.75, 3.05) is 0 Å². The molecule has 0 saturated heterocycles. The summed E-state index contributed by atoms with van der Waals surface area (Å²) in [5.74, 6) is -2.74. The molecule has 0 radical (unpaired) electrons. The lowest BCUT2D eigenvalue weighted by atomic mass is 10.1. The summed E-state index contributed by atoms with van der Waals surface area (Å²) in [6, 6.07) is 4.38. The fourth-order valence-corrected chi connectivity index (χ4v) is 1.07. The third-order valence-corrected chi connectivity index (χ3v) is 1.90. The molecule has 0 aliphatic carbocycles. The van der Waals surface area contributed by atoms with Crippen molar-refractivity contribution >= 4 is 17.8 Å². The van der Waals surface area contributed by atoms with Gasteiger partial charge in [-0.2, -0.15) is 0 Å². The minimum atomic E-state index is -1.55. The number of aliphatic carboxylic acids is 1. The van der Waals surface area contributed by atoms with E-state index in [1.807, 2.05) is 0 Å². The second-order valence-electron chi connectivity index (χ2n) is 3.05. The molecule has 1 rings (SSSR count). The third kappa shape index (κ3) is 2.93. The van der Waals surface area contributed by atoms with Crippen LogP contribution in [0.2, 0.25) is 0 Å². The van der Waals surface area contributed by atoms with Crippen LogP contribution in [0.15, 0.2) is 24.3 Å². The molecule has 84 valence electrons. The number of carbonyl (C=O) groups is 2. The molecule has 0 unspecified atom stereocenters. The molecule has 0 heterocycles. The van der Waals surface area contributed by atoms with E-state index in [9.17, 15) is 14.7 Å². The van der Waals surface area contributed by atoms with Gasteiger partial charge in [-0.3, -0.25) is 4.79 Å². The second-order valence-corrected chi connectivity index (χ2v) is 3.05. The van der Waals surface area contributed by atoms with Crippen LogP contribution in [0, 0.1) is 0 Å². The first-order valence-corrected chi connectivity index (χ1v) is 4.42. The maximum Gasteiger partial charge on any atom is 0.376 e. The van der Waals surface area contributed by atoms with E-state index >= 15 is 0 Å². The van der Waals surface area contributed by atoms with E-state index in [-0.39, 0.29) is 12.4 Å². The van der Waals surface area contributed by atoms with Crippen molar-refractivity contribution in [2.24, 2.45) is 0 Å². The van der Waals surface area contributed by atoms with Crippen molar-refractivity contribution in [1.29, 1.82) is 0 Å². The smallest absolute Gasteiger partial charge is 0.376 e. The summed E-state index contributed by atoms with van der Waals surface area (Å²) in [5, 5.41) is 26.6. The van der Waals surface area contributed by atoms with E-state index in [2.05, 4.69) is 0 Å². The van der Waals surface area contributed by atoms with Crippen molar-refractivity contribution in [3.63, 3.8) is 0 Å². The average molecular weight is 222 g/mol. The highest BCUT2D eigenvalue weighted by Crippen LogP contribution is 2.20. The van der Waals surface area contributed by atoms with Crippen LogP contribution in [0.1, 0.15) is 11.1 Å². The molecule has 5 heteroatoms. The van der Waals surface area contributed by atoms with E-state index < -0.39 is 11.8 Å². The quantitative estimate of drug-likeness (QED) is 0.511. The Labute approximate surface area is 91.3 Å². The van der Waals surface area contributed by atoms with Crippen LogP contribution in [0.25, 0.3) is 6.08 Å². The van der Waals surface area contributed by atoms with Crippen LogP contribution in [0.5, 0.6) is 5.75 Å². The van der Waals surface area contributed by atoms with Gasteiger partial charge in [0, 0.05) is 5.56 Å². The minimum absolute atomic E-state index is 0.124. The molecular formula is C11H10O5. The largest absolute Gasteiger partial charge is 0.507 e. The number of hydrogen-bond acceptors (Lipinski definition) is 4. The zero-order chi connectivity index (χ0) is 12.1. The van der Waals surface area contributed by atoms with Crippen molar-refractivity contribution in [3.8, 4) is 5.75 Å². The number of aliphatic hydroxyl groups is 1. The van der Waals surface area contributed by atoms with Crippen molar-refractivity contribution in [1.82, 2.24) is 0 Å². The van der Waals surface area contributed by atoms with Crippen LogP contribution in [0.3, 0.4) is 0 Å². The number of rotatable bonds is 4. The molecule has 0 atom stereocenters. The van der Waals surface area contributed by atoms with Crippen LogP contribution in [0.4, 0.5) is 0 Å². The molecule has 3 N–H and O–H groups in total. The Balaban J connectivity index is 2.90. The SMILES string of the molecule is O=C(O)C(=O)C=Cc1ccc(CO)cc1O. The van der Waals surface area contributed by atoms with Gasteiger partial charge in [0.25, 0.3) is 5.78 Å². The maximum atomic E-state index is 10.7. The number of ketones is 1. The van der Waals surface area contributed by atoms with Gasteiger partial charge in [0.05, 0.1) is 6.61 Å². The Morgan fingerprint density at radius 2 is 2.00 bits per heavy atom. The first kappa shape index (κ1) is 11.9. The highest BCUT2D eigenvalue weighted by Gasteiger charge is 2.06. The fraction of sp³-hybridized carbons (Fsp3) is 0.0909. The first-order valence-electron chi connectivity index (χ1n) is 4.42. The predicted octanol–water partition coefficient (Wildman–Crippen LogP) is 0.551. The van der Waals surface area contributed by atoms with Gasteiger partial charge < -0.3 is 15.3 Å². The normalized spacial score (nSPS) is 10.6. The van der Waals surface area contributed by atoms with Crippen LogP contribution >= 0.6 is 0 Å². The second kappa shape index (κ2) is 5.09. The molecule has 0 spiro atoms. The number of carboxylic acids is 1. The zero-order valence-corrected chi connectivity index (χ0v) is 8.25. The van der Waals surface area contributed by atoms with Gasteiger partial charge in [0.2, 0.25) is 0 Å². The zero-order valence-electron chi connectivity index (χ0n) is 8.25. The number of benzene rings is 1. The van der Waals surface area contributed by atoms with E-state index in [4.69, 9.17) is 10.2 Å². The van der Waals surface area contributed by atoms with E-state index in [0.717, 1.165) is 6.08 Å². The lowest BCUT2D eigenvalue weighted by Gasteiger charge is -2.01. The number of carbonyl (C=O) groups excluding carboxylic acids is 1. The van der Waals surface area contributed by atoms with Gasteiger partial charge in [0.1, 0.15) is 5.75 Å². The molecule has 0 bridgehead atoms. The van der Waals surface area contributed by atoms with Crippen LogP contribution in [-0.2, 0) is 16.2 Å². The van der Waals surface area contributed by atoms with Crippen molar-refractivity contribution in [2.45, 2.75) is 6.61 Å². The molecule has 16 heavy (non-hydrogen) atoms.